The molecule has 2 aromatic heterocycles. The highest BCUT2D eigenvalue weighted by molar-refractivity contribution is 5.44. The lowest BCUT2D eigenvalue weighted by Gasteiger charge is -2.31. The van der Waals surface area contributed by atoms with E-state index in [2.05, 4.69) is 22.4 Å². The lowest BCUT2D eigenvalue weighted by atomic mass is 9.91. The Morgan fingerprint density at radius 1 is 1.41 bits per heavy atom. The van der Waals surface area contributed by atoms with Gasteiger partial charge in [0.2, 0.25) is 11.7 Å². The zero-order chi connectivity index (χ0) is 11.7. The van der Waals surface area contributed by atoms with Crippen molar-refractivity contribution in [1.82, 2.24) is 15.5 Å². The second-order valence-electron chi connectivity index (χ2n) is 4.62. The van der Waals surface area contributed by atoms with E-state index in [4.69, 9.17) is 8.94 Å². The minimum atomic E-state index is -0.198. The molecule has 90 valence electrons. The van der Waals surface area contributed by atoms with Crippen molar-refractivity contribution < 1.29 is 8.94 Å². The molecule has 5 nitrogen and oxygen atoms in total. The molecule has 1 unspecified atom stereocenters. The fraction of sp³-hybridized carbons (Fsp3) is 0.500. The molecule has 1 aliphatic heterocycles. The molecule has 1 N–H and O–H groups in total. The smallest absolute Gasteiger partial charge is 0.247 e. The molecule has 1 atom stereocenters. The Balaban J connectivity index is 1.89. The van der Waals surface area contributed by atoms with Crippen LogP contribution in [0.2, 0.25) is 0 Å². The maximum atomic E-state index is 5.35. The Kier molecular flexibility index (Phi) is 2.48. The molecular weight excluding hydrogens is 218 g/mol. The summed E-state index contributed by atoms with van der Waals surface area (Å²) in [6.07, 6.45) is 5.01. The summed E-state index contributed by atoms with van der Waals surface area (Å²) in [5.74, 6) is 1.79. The largest absolute Gasteiger partial charge is 0.461 e. The third-order valence-corrected chi connectivity index (χ3v) is 3.26. The lowest BCUT2D eigenvalue weighted by molar-refractivity contribution is 0.207. The van der Waals surface area contributed by atoms with Gasteiger partial charge in [-0.25, -0.2) is 0 Å². The van der Waals surface area contributed by atoms with Gasteiger partial charge in [0.25, 0.3) is 0 Å². The third-order valence-electron chi connectivity index (χ3n) is 3.26. The van der Waals surface area contributed by atoms with E-state index in [-0.39, 0.29) is 5.54 Å². The Bertz CT molecular complexity index is 484. The molecule has 3 rings (SSSR count). The summed E-state index contributed by atoms with van der Waals surface area (Å²) in [5.41, 5.74) is -0.198. The molecule has 2 aromatic rings. The van der Waals surface area contributed by atoms with Gasteiger partial charge >= 0.3 is 0 Å². The molecular formula is C12H15N3O2. The molecule has 5 heteroatoms. The summed E-state index contributed by atoms with van der Waals surface area (Å²) in [4.78, 5) is 4.41. The first-order chi connectivity index (χ1) is 8.28. The van der Waals surface area contributed by atoms with E-state index in [1.807, 2.05) is 12.1 Å². The predicted molar refractivity (Wildman–Crippen MR) is 61.2 cm³/mol. The van der Waals surface area contributed by atoms with E-state index in [1.165, 1.54) is 12.8 Å². The van der Waals surface area contributed by atoms with Gasteiger partial charge in [-0.05, 0) is 44.9 Å². The SMILES string of the molecule is CC1(c2nc(-c3ccco3)no2)CCCCN1. The quantitative estimate of drug-likeness (QED) is 0.862. The Hall–Kier alpha value is -1.62. The summed E-state index contributed by atoms with van der Waals surface area (Å²) in [7, 11) is 0. The van der Waals surface area contributed by atoms with Crippen LogP contribution in [0, 0.1) is 0 Å². The van der Waals surface area contributed by atoms with Crippen molar-refractivity contribution in [3.05, 3.63) is 24.3 Å². The number of nitrogens with zero attached hydrogens (tertiary/aromatic N) is 2. The van der Waals surface area contributed by atoms with Crippen LogP contribution >= 0.6 is 0 Å². The van der Waals surface area contributed by atoms with E-state index in [0.29, 0.717) is 17.5 Å². The summed E-state index contributed by atoms with van der Waals surface area (Å²) in [6, 6.07) is 3.64. The highest BCUT2D eigenvalue weighted by Gasteiger charge is 2.34. The summed E-state index contributed by atoms with van der Waals surface area (Å²) in [6.45, 7) is 3.10. The van der Waals surface area contributed by atoms with Crippen LogP contribution in [-0.4, -0.2) is 16.7 Å². The zero-order valence-electron chi connectivity index (χ0n) is 9.77. The minimum Gasteiger partial charge on any atom is -0.461 e. The van der Waals surface area contributed by atoms with Crippen molar-refractivity contribution in [3.63, 3.8) is 0 Å². The number of hydrogen-bond acceptors (Lipinski definition) is 5. The van der Waals surface area contributed by atoms with E-state index in [9.17, 15) is 0 Å². The van der Waals surface area contributed by atoms with Gasteiger partial charge in [-0.15, -0.1) is 0 Å². The highest BCUT2D eigenvalue weighted by atomic mass is 16.5. The zero-order valence-corrected chi connectivity index (χ0v) is 9.77. The monoisotopic (exact) mass is 233 g/mol. The first kappa shape index (κ1) is 10.5. The Labute approximate surface area is 99.2 Å². The minimum absolute atomic E-state index is 0.198. The number of piperidine rings is 1. The Morgan fingerprint density at radius 2 is 2.35 bits per heavy atom. The molecule has 0 saturated carbocycles. The van der Waals surface area contributed by atoms with Crippen LogP contribution in [0.3, 0.4) is 0 Å². The van der Waals surface area contributed by atoms with E-state index in [0.717, 1.165) is 13.0 Å². The number of aromatic nitrogens is 2. The average molecular weight is 233 g/mol. The first-order valence-electron chi connectivity index (χ1n) is 5.91. The van der Waals surface area contributed by atoms with Crippen molar-refractivity contribution in [2.75, 3.05) is 6.54 Å². The molecule has 0 amide bonds. The van der Waals surface area contributed by atoms with Crippen molar-refractivity contribution >= 4 is 0 Å². The van der Waals surface area contributed by atoms with Gasteiger partial charge in [0, 0.05) is 0 Å². The van der Waals surface area contributed by atoms with Gasteiger partial charge in [0.1, 0.15) is 0 Å². The number of hydrogen-bond donors (Lipinski definition) is 1. The highest BCUT2D eigenvalue weighted by Crippen LogP contribution is 2.29. The summed E-state index contributed by atoms with van der Waals surface area (Å²) >= 11 is 0. The summed E-state index contributed by atoms with van der Waals surface area (Å²) in [5, 5.41) is 7.40. The normalized spacial score (nSPS) is 25.0. The van der Waals surface area contributed by atoms with Crippen molar-refractivity contribution in [3.8, 4) is 11.6 Å². The summed E-state index contributed by atoms with van der Waals surface area (Å²) < 4.78 is 10.6. The van der Waals surface area contributed by atoms with Crippen molar-refractivity contribution in [1.29, 1.82) is 0 Å². The predicted octanol–water partition coefficient (Wildman–Crippen LogP) is 2.32. The van der Waals surface area contributed by atoms with Crippen LogP contribution in [0.25, 0.3) is 11.6 Å². The molecule has 1 saturated heterocycles. The molecule has 1 aliphatic rings. The number of furan rings is 1. The Morgan fingerprint density at radius 3 is 3.06 bits per heavy atom. The van der Waals surface area contributed by atoms with E-state index < -0.39 is 0 Å². The van der Waals surface area contributed by atoms with Gasteiger partial charge in [0.05, 0.1) is 11.8 Å². The fourth-order valence-electron chi connectivity index (χ4n) is 2.19. The number of nitrogens with one attached hydrogen (secondary N) is 1. The fourth-order valence-corrected chi connectivity index (χ4v) is 2.19. The third kappa shape index (κ3) is 1.86. The average Bonchev–Trinajstić information content (AvgIpc) is 3.01. The van der Waals surface area contributed by atoms with Crippen LogP contribution in [0.5, 0.6) is 0 Å². The maximum Gasteiger partial charge on any atom is 0.247 e. The van der Waals surface area contributed by atoms with Gasteiger partial charge < -0.3 is 14.3 Å². The van der Waals surface area contributed by atoms with Crippen LogP contribution in [0.4, 0.5) is 0 Å². The lowest BCUT2D eigenvalue weighted by Crippen LogP contribution is -2.43. The molecule has 0 bridgehead atoms. The van der Waals surface area contributed by atoms with Gasteiger partial charge in [0.15, 0.2) is 5.76 Å². The molecule has 0 radical (unpaired) electrons. The van der Waals surface area contributed by atoms with Crippen molar-refractivity contribution in [2.24, 2.45) is 0 Å². The first-order valence-corrected chi connectivity index (χ1v) is 5.91. The molecule has 0 aliphatic carbocycles. The maximum absolute atomic E-state index is 5.35. The van der Waals surface area contributed by atoms with Crippen LogP contribution < -0.4 is 5.32 Å². The van der Waals surface area contributed by atoms with Crippen molar-refractivity contribution in [2.45, 2.75) is 31.7 Å². The van der Waals surface area contributed by atoms with E-state index in [1.54, 1.807) is 6.26 Å². The van der Waals surface area contributed by atoms with Gasteiger partial charge in [-0.1, -0.05) is 5.16 Å². The molecule has 0 spiro atoms. The van der Waals surface area contributed by atoms with Crippen LogP contribution in [0.1, 0.15) is 32.1 Å². The molecule has 3 heterocycles. The standard InChI is InChI=1S/C12H15N3O2/c1-12(6-2-3-7-13-12)11-14-10(15-17-11)9-5-4-8-16-9/h4-5,8,13H,2-3,6-7H2,1H3. The molecule has 0 aromatic carbocycles. The second kappa shape index (κ2) is 4.00. The topological polar surface area (TPSA) is 64.1 Å². The molecule has 1 fully saturated rings. The van der Waals surface area contributed by atoms with Crippen LogP contribution in [0.15, 0.2) is 27.3 Å². The van der Waals surface area contributed by atoms with Gasteiger partial charge in [-0.3, -0.25) is 0 Å². The van der Waals surface area contributed by atoms with Gasteiger partial charge in [-0.2, -0.15) is 4.98 Å². The van der Waals surface area contributed by atoms with E-state index >= 15 is 0 Å². The van der Waals surface area contributed by atoms with Crippen LogP contribution in [-0.2, 0) is 5.54 Å². The second-order valence-corrected chi connectivity index (χ2v) is 4.62. The number of rotatable bonds is 2. The molecule has 17 heavy (non-hydrogen) atoms.